The van der Waals surface area contributed by atoms with E-state index >= 15 is 0 Å². The predicted octanol–water partition coefficient (Wildman–Crippen LogP) is 2.44. The molecule has 0 aliphatic carbocycles. The normalized spacial score (nSPS) is 20.7. The summed E-state index contributed by atoms with van der Waals surface area (Å²) in [6, 6.07) is 10.1. The first-order chi connectivity index (χ1) is 14.4. The summed E-state index contributed by atoms with van der Waals surface area (Å²) >= 11 is 0. The van der Waals surface area contributed by atoms with Crippen molar-refractivity contribution >= 4 is 51.8 Å². The molecular weight excluding hydrogens is 527 g/mol. The Labute approximate surface area is 202 Å². The summed E-state index contributed by atoms with van der Waals surface area (Å²) in [4.78, 5) is 19.0. The quantitative estimate of drug-likeness (QED) is 0.317. The van der Waals surface area contributed by atoms with Gasteiger partial charge in [0.25, 0.3) is 0 Å². The predicted molar refractivity (Wildman–Crippen MR) is 136 cm³/mol. The number of carbonyl (C=O) groups excluding carboxylic acids is 1. The van der Waals surface area contributed by atoms with Gasteiger partial charge in [0.15, 0.2) is 15.8 Å². The third-order valence-electron chi connectivity index (χ3n) is 5.41. The minimum atomic E-state index is -2.98. The fourth-order valence-corrected chi connectivity index (χ4v) is 5.51. The van der Waals surface area contributed by atoms with Gasteiger partial charge < -0.3 is 15.5 Å². The maximum atomic E-state index is 12.1. The number of aliphatic imine (C=N–C) groups is 1. The fraction of sp³-hybridized carbons (Fsp3) is 0.545. The van der Waals surface area contributed by atoms with Gasteiger partial charge in [0.05, 0.1) is 18.1 Å². The maximum Gasteiger partial charge on any atom is 0.222 e. The first-order valence-electron chi connectivity index (χ1n) is 10.7. The third kappa shape index (κ3) is 8.44. The fourth-order valence-electron chi connectivity index (χ4n) is 3.83. The molecule has 7 nitrogen and oxygen atoms in total. The second kappa shape index (κ2) is 12.4. The lowest BCUT2D eigenvalue weighted by molar-refractivity contribution is -0.121. The van der Waals surface area contributed by atoms with Crippen molar-refractivity contribution in [2.45, 2.75) is 38.6 Å². The highest BCUT2D eigenvalue weighted by molar-refractivity contribution is 14.0. The molecule has 1 aromatic carbocycles. The van der Waals surface area contributed by atoms with Crippen molar-refractivity contribution in [3.05, 3.63) is 41.5 Å². The number of sulfone groups is 1. The monoisotopic (exact) mass is 560 g/mol. The van der Waals surface area contributed by atoms with Crippen molar-refractivity contribution in [1.29, 1.82) is 0 Å². The number of amides is 1. The van der Waals surface area contributed by atoms with Crippen LogP contribution in [0.15, 0.2) is 40.9 Å². The summed E-state index contributed by atoms with van der Waals surface area (Å²) in [5, 5.41) is 6.14. The van der Waals surface area contributed by atoms with E-state index in [0.717, 1.165) is 38.4 Å². The highest BCUT2D eigenvalue weighted by Gasteiger charge is 2.28. The Morgan fingerprint density at radius 1 is 1.23 bits per heavy atom. The van der Waals surface area contributed by atoms with Crippen LogP contribution in [0.25, 0.3) is 6.08 Å². The van der Waals surface area contributed by atoms with Crippen molar-refractivity contribution in [2.75, 3.05) is 37.7 Å². The molecule has 1 unspecified atom stereocenters. The van der Waals surface area contributed by atoms with Gasteiger partial charge in [-0.1, -0.05) is 42.0 Å². The van der Waals surface area contributed by atoms with Gasteiger partial charge in [-0.2, -0.15) is 0 Å². The molecule has 0 aromatic heterocycles. The highest BCUT2D eigenvalue weighted by Crippen LogP contribution is 2.19. The van der Waals surface area contributed by atoms with Crippen LogP contribution in [0.1, 0.15) is 38.2 Å². The van der Waals surface area contributed by atoms with Gasteiger partial charge in [-0.15, -0.1) is 24.0 Å². The van der Waals surface area contributed by atoms with E-state index in [4.69, 9.17) is 0 Å². The first kappa shape index (κ1) is 25.6. The van der Waals surface area contributed by atoms with Crippen LogP contribution in [0.5, 0.6) is 0 Å². The van der Waals surface area contributed by atoms with Crippen molar-refractivity contribution in [3.8, 4) is 0 Å². The van der Waals surface area contributed by atoms with E-state index in [1.807, 2.05) is 13.0 Å². The zero-order chi connectivity index (χ0) is 21.4. The Bertz CT molecular complexity index is 877. The average Bonchev–Trinajstić information content (AvgIpc) is 3.07. The number of guanidine groups is 1. The lowest BCUT2D eigenvalue weighted by atomic mass is 10.0. The van der Waals surface area contributed by atoms with Gasteiger partial charge in [-0.3, -0.25) is 9.79 Å². The summed E-state index contributed by atoms with van der Waals surface area (Å²) < 4.78 is 23.0. The number of carbonyl (C=O) groups is 1. The molecular formula is C22H33IN4O3S. The Kier molecular flexibility index (Phi) is 10.3. The zero-order valence-corrected chi connectivity index (χ0v) is 21.2. The van der Waals surface area contributed by atoms with E-state index < -0.39 is 9.84 Å². The number of hydrogen-bond donors (Lipinski definition) is 2. The first-order valence-corrected chi connectivity index (χ1v) is 12.5. The summed E-state index contributed by atoms with van der Waals surface area (Å²) in [5.41, 5.74) is 2.68. The minimum Gasteiger partial charge on any atom is -0.357 e. The number of rotatable bonds is 6. The number of nitrogens with zero attached hydrogens (tertiary/aromatic N) is 2. The molecule has 31 heavy (non-hydrogen) atoms. The topological polar surface area (TPSA) is 90.9 Å². The lowest BCUT2D eigenvalue weighted by Crippen LogP contribution is -2.44. The number of nitrogens with one attached hydrogen (secondary N) is 2. The van der Waals surface area contributed by atoms with Crippen LogP contribution in [-0.4, -0.2) is 68.9 Å². The molecule has 1 aromatic rings. The van der Waals surface area contributed by atoms with Gasteiger partial charge in [0.2, 0.25) is 5.91 Å². The number of benzene rings is 1. The molecule has 2 saturated heterocycles. The van der Waals surface area contributed by atoms with E-state index in [-0.39, 0.29) is 53.9 Å². The van der Waals surface area contributed by atoms with E-state index in [2.05, 4.69) is 50.9 Å². The summed E-state index contributed by atoms with van der Waals surface area (Å²) in [6.07, 6.45) is 5.03. The minimum absolute atomic E-state index is 0. The third-order valence-corrected chi connectivity index (χ3v) is 7.18. The molecule has 2 N–H and O–H groups in total. The van der Waals surface area contributed by atoms with Crippen LogP contribution in [0, 0.1) is 0 Å². The number of halogens is 1. The van der Waals surface area contributed by atoms with Crippen molar-refractivity contribution < 1.29 is 13.2 Å². The average molecular weight is 561 g/mol. The van der Waals surface area contributed by atoms with Crippen molar-refractivity contribution in [1.82, 2.24) is 15.5 Å². The van der Waals surface area contributed by atoms with E-state index in [0.29, 0.717) is 13.0 Å². The molecule has 2 fully saturated rings. The van der Waals surface area contributed by atoms with Crippen LogP contribution in [-0.2, 0) is 14.6 Å². The van der Waals surface area contributed by atoms with Crippen molar-refractivity contribution in [3.63, 3.8) is 0 Å². The Morgan fingerprint density at radius 3 is 2.55 bits per heavy atom. The van der Waals surface area contributed by atoms with Crippen molar-refractivity contribution in [2.24, 2.45) is 4.99 Å². The molecule has 0 saturated carbocycles. The van der Waals surface area contributed by atoms with Gasteiger partial charge in [0, 0.05) is 32.1 Å². The molecule has 0 spiro atoms. The molecule has 2 aliphatic rings. The molecule has 3 rings (SSSR count). The van der Waals surface area contributed by atoms with E-state index in [9.17, 15) is 13.2 Å². The standard InChI is InChI=1S/C22H32N4O3S.HI/c1-2-23-22(24-12-8-21(27)25-20-11-15-30(28,29)17-20)26-13-9-19(10-14-26)16-18-6-4-3-5-7-18;/h3-7,16,20H,2,8-15,17H2,1H3,(H,23,24)(H,25,27);1H. The Morgan fingerprint density at radius 2 is 1.94 bits per heavy atom. The van der Waals surface area contributed by atoms with Crippen LogP contribution < -0.4 is 10.6 Å². The molecule has 2 aliphatic heterocycles. The second-order valence-electron chi connectivity index (χ2n) is 7.85. The summed E-state index contributed by atoms with van der Waals surface area (Å²) in [7, 11) is -2.98. The molecule has 2 heterocycles. The lowest BCUT2D eigenvalue weighted by Gasteiger charge is -2.31. The highest BCUT2D eigenvalue weighted by atomic mass is 127. The van der Waals surface area contributed by atoms with Crippen LogP contribution in [0.3, 0.4) is 0 Å². The van der Waals surface area contributed by atoms with Crippen LogP contribution >= 0.6 is 24.0 Å². The molecule has 1 atom stereocenters. The number of hydrogen-bond acceptors (Lipinski definition) is 4. The molecule has 1 amide bonds. The number of likely N-dealkylation sites (tertiary alicyclic amines) is 1. The van der Waals surface area contributed by atoms with Crippen LogP contribution in [0.2, 0.25) is 0 Å². The summed E-state index contributed by atoms with van der Waals surface area (Å²) in [6.45, 7) is 4.99. The molecule has 9 heteroatoms. The molecule has 172 valence electrons. The Hall–Kier alpha value is -1.62. The van der Waals surface area contributed by atoms with Gasteiger partial charge >= 0.3 is 0 Å². The summed E-state index contributed by atoms with van der Waals surface area (Å²) in [5.74, 6) is 0.920. The maximum absolute atomic E-state index is 12.1. The van der Waals surface area contributed by atoms with Gasteiger partial charge in [-0.25, -0.2) is 8.42 Å². The molecule has 0 bridgehead atoms. The van der Waals surface area contributed by atoms with Crippen LogP contribution in [0.4, 0.5) is 0 Å². The number of piperidine rings is 1. The van der Waals surface area contributed by atoms with Gasteiger partial charge in [-0.05, 0) is 31.7 Å². The smallest absolute Gasteiger partial charge is 0.222 e. The van der Waals surface area contributed by atoms with Gasteiger partial charge in [0.1, 0.15) is 0 Å². The van der Waals surface area contributed by atoms with E-state index in [1.54, 1.807) is 0 Å². The largest absolute Gasteiger partial charge is 0.357 e. The second-order valence-corrected chi connectivity index (χ2v) is 10.1. The Balaban J connectivity index is 0.00000341. The zero-order valence-electron chi connectivity index (χ0n) is 18.0. The van der Waals surface area contributed by atoms with E-state index in [1.165, 1.54) is 11.1 Å². The molecule has 0 radical (unpaired) electrons. The SMILES string of the molecule is CCNC(=NCCC(=O)NC1CCS(=O)(=O)C1)N1CCC(=Cc2ccccc2)CC1.I.